The van der Waals surface area contributed by atoms with Crippen LogP contribution < -0.4 is 14.8 Å². The lowest BCUT2D eigenvalue weighted by molar-refractivity contribution is -0.115. The fourth-order valence-electron chi connectivity index (χ4n) is 2.75. The number of methoxy groups -OCH3 is 1. The van der Waals surface area contributed by atoms with E-state index in [0.29, 0.717) is 28.4 Å². The molecule has 0 fully saturated rings. The molecule has 2 atom stereocenters. The average Bonchev–Trinajstić information content (AvgIpc) is 3.33. The smallest absolute Gasteiger partial charge is 0.239 e. The highest BCUT2D eigenvalue weighted by atomic mass is 32.2. The van der Waals surface area contributed by atoms with Gasteiger partial charge in [0, 0.05) is 18.0 Å². The maximum absolute atomic E-state index is 12.5. The van der Waals surface area contributed by atoms with E-state index in [0.717, 1.165) is 11.4 Å². The second kappa shape index (κ2) is 9.94. The molecule has 1 aromatic carbocycles. The van der Waals surface area contributed by atoms with Gasteiger partial charge in [-0.2, -0.15) is 0 Å². The molecule has 0 bridgehead atoms. The van der Waals surface area contributed by atoms with E-state index >= 15 is 0 Å². The van der Waals surface area contributed by atoms with Gasteiger partial charge in [-0.1, -0.05) is 17.8 Å². The molecule has 10 heteroatoms. The molecule has 30 heavy (non-hydrogen) atoms. The number of aromatic nitrogens is 4. The summed E-state index contributed by atoms with van der Waals surface area (Å²) in [4.78, 5) is 16.8. The van der Waals surface area contributed by atoms with Crippen LogP contribution >= 0.6 is 23.1 Å². The number of ether oxygens (including phenoxy) is 2. The number of anilines is 1. The van der Waals surface area contributed by atoms with Gasteiger partial charge in [-0.25, -0.2) is 4.98 Å². The Kier molecular flexibility index (Phi) is 7.33. The summed E-state index contributed by atoms with van der Waals surface area (Å²) in [7, 11) is 1.62. The maximum atomic E-state index is 12.5. The van der Waals surface area contributed by atoms with Crippen molar-refractivity contribution in [3.05, 3.63) is 41.2 Å². The number of hydrogen-bond acceptors (Lipinski definition) is 8. The Morgan fingerprint density at radius 2 is 2.07 bits per heavy atom. The minimum absolute atomic E-state index is 0.123. The molecular formula is C20H25N5O3S2. The Labute approximate surface area is 184 Å². The first-order chi connectivity index (χ1) is 14.4. The largest absolute Gasteiger partial charge is 0.497 e. The summed E-state index contributed by atoms with van der Waals surface area (Å²) >= 11 is 2.77. The van der Waals surface area contributed by atoms with Crippen molar-refractivity contribution in [3.8, 4) is 11.5 Å². The molecule has 0 aliphatic rings. The average molecular weight is 448 g/mol. The molecule has 3 rings (SSSR count). The predicted octanol–water partition coefficient (Wildman–Crippen LogP) is 4.33. The third-order valence-corrected chi connectivity index (χ3v) is 6.24. The molecule has 0 spiro atoms. The van der Waals surface area contributed by atoms with Gasteiger partial charge in [-0.3, -0.25) is 4.79 Å². The van der Waals surface area contributed by atoms with Gasteiger partial charge in [0.1, 0.15) is 11.5 Å². The van der Waals surface area contributed by atoms with Crippen LogP contribution in [0.3, 0.4) is 0 Å². The summed E-state index contributed by atoms with van der Waals surface area (Å²) in [5.74, 6) is 1.99. The Balaban J connectivity index is 1.68. The van der Waals surface area contributed by atoms with E-state index in [1.54, 1.807) is 7.11 Å². The molecule has 0 aliphatic heterocycles. The molecule has 0 aliphatic carbocycles. The van der Waals surface area contributed by atoms with Crippen molar-refractivity contribution >= 4 is 34.1 Å². The van der Waals surface area contributed by atoms with Gasteiger partial charge in [0.05, 0.1) is 18.1 Å². The van der Waals surface area contributed by atoms with Crippen LogP contribution in [0.15, 0.2) is 34.8 Å². The van der Waals surface area contributed by atoms with Crippen LogP contribution in [-0.4, -0.2) is 38.0 Å². The van der Waals surface area contributed by atoms with E-state index < -0.39 is 0 Å². The Bertz CT molecular complexity index is 1000. The molecule has 2 aromatic heterocycles. The molecule has 0 saturated carbocycles. The van der Waals surface area contributed by atoms with Crippen molar-refractivity contribution in [1.82, 2.24) is 19.7 Å². The number of thioether (sulfide) groups is 1. The van der Waals surface area contributed by atoms with Crippen LogP contribution in [0.5, 0.6) is 11.5 Å². The summed E-state index contributed by atoms with van der Waals surface area (Å²) in [6.45, 7) is 8.33. The van der Waals surface area contributed by atoms with Crippen LogP contribution in [-0.2, 0) is 11.3 Å². The second-order valence-corrected chi connectivity index (χ2v) is 8.73. The van der Waals surface area contributed by atoms with Crippen molar-refractivity contribution in [2.75, 3.05) is 12.4 Å². The molecule has 1 amide bonds. The van der Waals surface area contributed by atoms with Crippen molar-refractivity contribution < 1.29 is 14.3 Å². The maximum Gasteiger partial charge on any atom is 0.239 e. The highest BCUT2D eigenvalue weighted by molar-refractivity contribution is 8.00. The van der Waals surface area contributed by atoms with E-state index in [4.69, 9.17) is 9.47 Å². The van der Waals surface area contributed by atoms with E-state index in [-0.39, 0.29) is 17.3 Å². The summed E-state index contributed by atoms with van der Waals surface area (Å²) in [5, 5.41) is 14.3. The minimum atomic E-state index is -0.355. The van der Waals surface area contributed by atoms with Crippen molar-refractivity contribution in [3.63, 3.8) is 0 Å². The van der Waals surface area contributed by atoms with Crippen molar-refractivity contribution in [1.29, 1.82) is 0 Å². The van der Waals surface area contributed by atoms with Gasteiger partial charge in [-0.15, -0.1) is 21.5 Å². The van der Waals surface area contributed by atoms with Crippen molar-refractivity contribution in [2.24, 2.45) is 0 Å². The van der Waals surface area contributed by atoms with Crippen molar-refractivity contribution in [2.45, 2.75) is 50.8 Å². The summed E-state index contributed by atoms with van der Waals surface area (Å²) in [6, 6.07) is 7.43. The summed E-state index contributed by atoms with van der Waals surface area (Å²) in [6.07, 6.45) is -0.318. The number of carbonyl (C=O) groups excluding carboxylic acids is 1. The minimum Gasteiger partial charge on any atom is -0.497 e. The van der Waals surface area contributed by atoms with Gasteiger partial charge in [0.2, 0.25) is 5.91 Å². The molecule has 0 radical (unpaired) electrons. The number of rotatable bonds is 9. The van der Waals surface area contributed by atoms with E-state index in [1.165, 1.54) is 23.1 Å². The lowest BCUT2D eigenvalue weighted by atomic mass is 10.3. The summed E-state index contributed by atoms with van der Waals surface area (Å²) < 4.78 is 13.2. The standard InChI is InChI=1S/C20H25N5O3S2/c1-6-25-17(13(3)28-16-9-7-8-15(10-16)27-5)23-24-20(25)30-14(4)18(26)22-19-21-12(2)11-29-19/h7-11,13-14H,6H2,1-5H3,(H,21,22,26). The highest BCUT2D eigenvalue weighted by Crippen LogP contribution is 2.28. The molecule has 160 valence electrons. The van der Waals surface area contributed by atoms with E-state index in [1.807, 2.05) is 61.9 Å². The van der Waals surface area contributed by atoms with Crippen LogP contribution in [0.2, 0.25) is 0 Å². The zero-order valence-corrected chi connectivity index (χ0v) is 19.2. The molecular weight excluding hydrogens is 422 g/mol. The predicted molar refractivity (Wildman–Crippen MR) is 119 cm³/mol. The number of amides is 1. The molecule has 3 aromatic rings. The summed E-state index contributed by atoms with van der Waals surface area (Å²) in [5.41, 5.74) is 0.885. The SMILES string of the molecule is CCn1c(SC(C)C(=O)Nc2nc(C)cs2)nnc1C(C)Oc1cccc(OC)c1. The Hall–Kier alpha value is -2.59. The topological polar surface area (TPSA) is 91.2 Å². The molecule has 2 heterocycles. The fourth-order valence-corrected chi connectivity index (χ4v) is 4.36. The van der Waals surface area contributed by atoms with E-state index in [2.05, 4.69) is 20.5 Å². The van der Waals surface area contributed by atoms with E-state index in [9.17, 15) is 4.79 Å². The number of benzene rings is 1. The van der Waals surface area contributed by atoms with Gasteiger partial charge >= 0.3 is 0 Å². The number of nitrogens with one attached hydrogen (secondary N) is 1. The zero-order valence-electron chi connectivity index (χ0n) is 17.6. The van der Waals surface area contributed by atoms with Crippen LogP contribution in [0.4, 0.5) is 5.13 Å². The second-order valence-electron chi connectivity index (χ2n) is 6.57. The van der Waals surface area contributed by atoms with Crippen LogP contribution in [0, 0.1) is 6.92 Å². The first-order valence-electron chi connectivity index (χ1n) is 9.54. The third kappa shape index (κ3) is 5.31. The van der Waals surface area contributed by atoms with Crippen LogP contribution in [0.25, 0.3) is 0 Å². The van der Waals surface area contributed by atoms with Gasteiger partial charge in [0.25, 0.3) is 0 Å². The van der Waals surface area contributed by atoms with Gasteiger partial charge in [-0.05, 0) is 39.8 Å². The zero-order chi connectivity index (χ0) is 21.7. The monoisotopic (exact) mass is 447 g/mol. The molecule has 0 saturated heterocycles. The molecule has 2 unspecified atom stereocenters. The first kappa shape index (κ1) is 22.1. The number of aryl methyl sites for hydroxylation is 1. The van der Waals surface area contributed by atoms with Gasteiger partial charge in [0.15, 0.2) is 22.2 Å². The lowest BCUT2D eigenvalue weighted by Gasteiger charge is -2.16. The number of thiazole rings is 1. The fraction of sp³-hybridized carbons (Fsp3) is 0.400. The first-order valence-corrected chi connectivity index (χ1v) is 11.3. The Morgan fingerprint density at radius 3 is 2.73 bits per heavy atom. The quantitative estimate of drug-likeness (QED) is 0.488. The van der Waals surface area contributed by atoms with Crippen LogP contribution in [0.1, 0.15) is 38.4 Å². The Morgan fingerprint density at radius 1 is 1.30 bits per heavy atom. The highest BCUT2D eigenvalue weighted by Gasteiger charge is 2.23. The number of nitrogens with zero attached hydrogens (tertiary/aromatic N) is 4. The number of hydrogen-bond donors (Lipinski definition) is 1. The third-order valence-electron chi connectivity index (χ3n) is 4.28. The lowest BCUT2D eigenvalue weighted by Crippen LogP contribution is -2.23. The normalized spacial score (nSPS) is 13.0. The molecule has 8 nitrogen and oxygen atoms in total. The number of carbonyl (C=O) groups is 1. The van der Waals surface area contributed by atoms with Gasteiger partial charge < -0.3 is 19.4 Å². The molecule has 1 N–H and O–H groups in total.